The fourth-order valence-electron chi connectivity index (χ4n) is 3.15. The maximum Gasteiger partial charge on any atom is 0.258 e. The largest absolute Gasteiger partial charge is 0.437 e. The molecule has 0 spiro atoms. The Hall–Kier alpha value is -4.13. The first-order chi connectivity index (χ1) is 15.1. The van der Waals surface area contributed by atoms with Gasteiger partial charge in [-0.3, -0.25) is 9.78 Å². The van der Waals surface area contributed by atoms with Crippen molar-refractivity contribution in [2.45, 2.75) is 6.54 Å². The lowest BCUT2D eigenvalue weighted by atomic mass is 10.1. The van der Waals surface area contributed by atoms with Crippen LogP contribution >= 0.6 is 0 Å². The number of anilines is 2. The smallest absolute Gasteiger partial charge is 0.258 e. The van der Waals surface area contributed by atoms with E-state index < -0.39 is 0 Å². The van der Waals surface area contributed by atoms with E-state index in [4.69, 9.17) is 4.74 Å². The van der Waals surface area contributed by atoms with Crippen molar-refractivity contribution in [1.29, 1.82) is 0 Å². The Morgan fingerprint density at radius 1 is 1.00 bits per heavy atom. The van der Waals surface area contributed by atoms with Crippen LogP contribution in [-0.2, 0) is 6.54 Å². The minimum absolute atomic E-state index is 0.128. The molecule has 0 bridgehead atoms. The molecule has 0 unspecified atom stereocenters. The fourth-order valence-corrected chi connectivity index (χ4v) is 3.15. The number of rotatable bonds is 7. The van der Waals surface area contributed by atoms with Gasteiger partial charge in [0.05, 0.1) is 12.7 Å². The number of carbonyl (C=O) groups is 1. The number of nitrogens with zero attached hydrogens (tertiary/aromatic N) is 4. The number of ether oxygens (including phenoxy) is 1. The maximum atomic E-state index is 13.5. The van der Waals surface area contributed by atoms with Gasteiger partial charge in [0.1, 0.15) is 5.75 Å². The van der Waals surface area contributed by atoms with Gasteiger partial charge in [-0.15, -0.1) is 0 Å². The monoisotopic (exact) mass is 413 g/mol. The molecule has 4 rings (SSSR count). The second-order valence-electron chi connectivity index (χ2n) is 7.17. The van der Waals surface area contributed by atoms with E-state index in [0.717, 1.165) is 17.1 Å². The predicted octanol–water partition coefficient (Wildman–Crippen LogP) is 4.51. The lowest BCUT2D eigenvalue weighted by molar-refractivity contribution is 0.0984. The normalized spacial score (nSPS) is 10.5. The van der Waals surface area contributed by atoms with Gasteiger partial charge in [0.2, 0.25) is 5.88 Å². The molecule has 0 fully saturated rings. The number of aromatic nitrogens is 3. The Labute approximate surface area is 181 Å². The molecule has 0 radical (unpaired) electrons. The van der Waals surface area contributed by atoms with Crippen LogP contribution in [-0.4, -0.2) is 35.0 Å². The number of hydrogen-bond donors (Lipinski definition) is 1. The number of benzene rings is 2. The van der Waals surface area contributed by atoms with Crippen molar-refractivity contribution in [2.24, 2.45) is 0 Å². The third-order valence-electron chi connectivity index (χ3n) is 4.76. The van der Waals surface area contributed by atoms with Crippen molar-refractivity contribution in [1.82, 2.24) is 15.0 Å². The topological polar surface area (TPSA) is 74.4 Å². The van der Waals surface area contributed by atoms with Crippen LogP contribution < -0.4 is 14.5 Å². The minimum atomic E-state index is -0.128. The van der Waals surface area contributed by atoms with Gasteiger partial charge in [-0.2, -0.15) is 0 Å². The summed E-state index contributed by atoms with van der Waals surface area (Å²) >= 11 is 0. The molecule has 0 aliphatic rings. The number of hydrogen-bond acceptors (Lipinski definition) is 5. The Balaban J connectivity index is 1.63. The molecule has 31 heavy (non-hydrogen) atoms. The van der Waals surface area contributed by atoms with Gasteiger partial charge in [0.15, 0.2) is 0 Å². The summed E-state index contributed by atoms with van der Waals surface area (Å²) in [6, 6.07) is 18.9. The third-order valence-corrected chi connectivity index (χ3v) is 4.76. The van der Waals surface area contributed by atoms with Gasteiger partial charge in [-0.25, -0.2) is 4.98 Å². The first-order valence-corrected chi connectivity index (χ1v) is 9.85. The predicted molar refractivity (Wildman–Crippen MR) is 121 cm³/mol. The molecule has 2 aromatic carbocycles. The number of H-pyrrole nitrogens is 1. The van der Waals surface area contributed by atoms with Crippen molar-refractivity contribution in [3.8, 4) is 11.6 Å². The summed E-state index contributed by atoms with van der Waals surface area (Å²) in [4.78, 5) is 28.6. The van der Waals surface area contributed by atoms with Crippen LogP contribution in [0.15, 0.2) is 85.5 Å². The van der Waals surface area contributed by atoms with E-state index in [0.29, 0.717) is 23.7 Å². The minimum Gasteiger partial charge on any atom is -0.437 e. The number of carbonyl (C=O) groups excluding carboxylic acids is 1. The molecule has 0 saturated carbocycles. The van der Waals surface area contributed by atoms with Gasteiger partial charge < -0.3 is 19.5 Å². The molecule has 0 aliphatic heterocycles. The molecule has 0 aliphatic carbocycles. The zero-order valence-electron chi connectivity index (χ0n) is 17.4. The highest BCUT2D eigenvalue weighted by Crippen LogP contribution is 2.25. The molecule has 1 N–H and O–H groups in total. The van der Waals surface area contributed by atoms with Crippen molar-refractivity contribution in [3.05, 3.63) is 96.7 Å². The summed E-state index contributed by atoms with van der Waals surface area (Å²) in [7, 11) is 3.97. The maximum absolute atomic E-state index is 13.5. The van der Waals surface area contributed by atoms with Crippen molar-refractivity contribution in [2.75, 3.05) is 23.9 Å². The second kappa shape index (κ2) is 9.13. The summed E-state index contributed by atoms with van der Waals surface area (Å²) in [6.45, 7) is 0.419. The van der Waals surface area contributed by atoms with Crippen molar-refractivity contribution < 1.29 is 9.53 Å². The highest BCUT2D eigenvalue weighted by atomic mass is 16.5. The Bertz CT molecular complexity index is 1130. The molecular weight excluding hydrogens is 390 g/mol. The lowest BCUT2D eigenvalue weighted by Crippen LogP contribution is -2.30. The number of amides is 1. The van der Waals surface area contributed by atoms with Gasteiger partial charge in [0.25, 0.3) is 5.91 Å². The van der Waals surface area contributed by atoms with E-state index >= 15 is 0 Å². The van der Waals surface area contributed by atoms with E-state index in [-0.39, 0.29) is 5.91 Å². The van der Waals surface area contributed by atoms with Crippen LogP contribution in [0.2, 0.25) is 0 Å². The summed E-state index contributed by atoms with van der Waals surface area (Å²) in [5.74, 6) is 0.764. The first-order valence-electron chi connectivity index (χ1n) is 9.85. The zero-order valence-corrected chi connectivity index (χ0v) is 17.4. The highest BCUT2D eigenvalue weighted by Gasteiger charge is 2.19. The molecule has 2 heterocycles. The molecule has 7 heteroatoms. The van der Waals surface area contributed by atoms with Crippen LogP contribution in [0, 0.1) is 0 Å². The Kier molecular flexibility index (Phi) is 5.93. The van der Waals surface area contributed by atoms with E-state index in [1.165, 1.54) is 6.20 Å². The van der Waals surface area contributed by atoms with Crippen molar-refractivity contribution >= 4 is 17.3 Å². The van der Waals surface area contributed by atoms with Crippen LogP contribution in [0.4, 0.5) is 11.4 Å². The molecule has 0 saturated heterocycles. The average molecular weight is 413 g/mol. The van der Waals surface area contributed by atoms with E-state index in [1.54, 1.807) is 41.6 Å². The second-order valence-corrected chi connectivity index (χ2v) is 7.17. The van der Waals surface area contributed by atoms with Gasteiger partial charge in [-0.1, -0.05) is 6.07 Å². The van der Waals surface area contributed by atoms with Crippen LogP contribution in [0.1, 0.15) is 16.1 Å². The molecule has 7 nitrogen and oxygen atoms in total. The molecule has 0 atom stereocenters. The Morgan fingerprint density at radius 2 is 1.81 bits per heavy atom. The molecule has 4 aromatic rings. The number of aromatic amines is 1. The third kappa shape index (κ3) is 4.90. The number of nitrogens with one attached hydrogen (secondary N) is 1. The highest BCUT2D eigenvalue weighted by molar-refractivity contribution is 6.06. The molecule has 1 amide bonds. The average Bonchev–Trinajstić information content (AvgIpc) is 3.31. The van der Waals surface area contributed by atoms with Gasteiger partial charge in [0, 0.05) is 55.3 Å². The van der Waals surface area contributed by atoms with E-state index in [9.17, 15) is 4.79 Å². The van der Waals surface area contributed by atoms with E-state index in [2.05, 4.69) is 15.0 Å². The lowest BCUT2D eigenvalue weighted by Gasteiger charge is -2.24. The standard InChI is InChI=1S/C24H23N5O2/c1-28(2)20-8-10-21(11-9-20)29(17-19-6-4-12-26-19)24(30)18-5-3-7-22(15-18)31-23-16-25-13-14-27-23/h3-16,26H,17H2,1-2H3. The first kappa shape index (κ1) is 20.2. The molecule has 156 valence electrons. The Morgan fingerprint density at radius 3 is 2.48 bits per heavy atom. The van der Waals surface area contributed by atoms with Crippen molar-refractivity contribution in [3.63, 3.8) is 0 Å². The fraction of sp³-hybridized carbons (Fsp3) is 0.125. The van der Waals surface area contributed by atoms with E-state index in [1.807, 2.05) is 61.6 Å². The summed E-state index contributed by atoms with van der Waals surface area (Å²) in [5, 5.41) is 0. The van der Waals surface area contributed by atoms with Crippen LogP contribution in [0.3, 0.4) is 0 Å². The van der Waals surface area contributed by atoms with Crippen LogP contribution in [0.5, 0.6) is 11.6 Å². The van der Waals surface area contributed by atoms with Gasteiger partial charge >= 0.3 is 0 Å². The SMILES string of the molecule is CN(C)c1ccc(N(Cc2ccc[nH]2)C(=O)c2cccc(Oc3cnccn3)c2)cc1. The quantitative estimate of drug-likeness (QED) is 0.483. The zero-order chi connectivity index (χ0) is 21.6. The summed E-state index contributed by atoms with van der Waals surface area (Å²) in [6.07, 6.45) is 6.51. The van der Waals surface area contributed by atoms with Gasteiger partial charge in [-0.05, 0) is 54.6 Å². The molecular formula is C24H23N5O2. The summed E-state index contributed by atoms with van der Waals surface area (Å²) in [5.41, 5.74) is 3.34. The summed E-state index contributed by atoms with van der Waals surface area (Å²) < 4.78 is 5.75. The van der Waals surface area contributed by atoms with Crippen LogP contribution in [0.25, 0.3) is 0 Å². The molecule has 2 aromatic heterocycles.